The molecule has 2 aliphatic rings. The number of amides is 2. The van der Waals surface area contributed by atoms with Crippen LogP contribution >= 0.6 is 11.8 Å². The number of hydrazone groups is 1. The van der Waals surface area contributed by atoms with Crippen molar-refractivity contribution in [2.75, 3.05) is 6.79 Å². The molecule has 24 heavy (non-hydrogen) atoms. The van der Waals surface area contributed by atoms with Crippen molar-refractivity contribution in [3.05, 3.63) is 27.8 Å². The van der Waals surface area contributed by atoms with Crippen LogP contribution < -0.4 is 14.8 Å². The summed E-state index contributed by atoms with van der Waals surface area (Å²) in [6.07, 6.45) is 0. The molecule has 0 radical (unpaired) electrons. The molecule has 0 aliphatic carbocycles. The first-order chi connectivity index (χ1) is 11.4. The van der Waals surface area contributed by atoms with Gasteiger partial charge in [-0.05, 0) is 6.07 Å². The van der Waals surface area contributed by atoms with Crippen molar-refractivity contribution < 1.29 is 24.0 Å². The van der Waals surface area contributed by atoms with Crippen molar-refractivity contribution in [3.8, 4) is 11.5 Å². The molecule has 2 amide bonds. The second-order valence-corrected chi connectivity index (χ2v) is 6.01. The first-order valence-corrected chi connectivity index (χ1v) is 7.65. The highest BCUT2D eigenvalue weighted by molar-refractivity contribution is 8.14. The number of hydrogen-bond donors (Lipinski definition) is 1. The van der Waals surface area contributed by atoms with E-state index in [0.717, 1.165) is 16.8 Å². The number of carbonyl (C=O) groups is 2. The molecule has 0 unspecified atom stereocenters. The van der Waals surface area contributed by atoms with Crippen molar-refractivity contribution in [3.63, 3.8) is 0 Å². The molecule has 2 heterocycles. The number of nitrogens with one attached hydrogen (secondary N) is 1. The molecule has 0 spiro atoms. The van der Waals surface area contributed by atoms with Gasteiger partial charge in [0.05, 0.1) is 16.6 Å². The monoisotopic (exact) mass is 352 g/mol. The highest BCUT2D eigenvalue weighted by Crippen LogP contribution is 2.47. The van der Waals surface area contributed by atoms with E-state index in [1.54, 1.807) is 0 Å². The molecule has 1 aromatic rings. The second kappa shape index (κ2) is 6.00. The Bertz CT molecular complexity index is 780. The van der Waals surface area contributed by atoms with Crippen molar-refractivity contribution in [2.24, 2.45) is 5.10 Å². The molecule has 1 atom stereocenters. The highest BCUT2D eigenvalue weighted by atomic mass is 32.2. The van der Waals surface area contributed by atoms with E-state index in [9.17, 15) is 19.7 Å². The van der Waals surface area contributed by atoms with Gasteiger partial charge < -0.3 is 14.8 Å². The number of hydrogen-bond acceptors (Lipinski definition) is 8. The van der Waals surface area contributed by atoms with Crippen LogP contribution in [0.5, 0.6) is 11.5 Å². The molecule has 1 aromatic carbocycles. The van der Waals surface area contributed by atoms with Gasteiger partial charge in [0.1, 0.15) is 5.37 Å². The Morgan fingerprint density at radius 2 is 2.04 bits per heavy atom. The van der Waals surface area contributed by atoms with Gasteiger partial charge >= 0.3 is 0 Å². The van der Waals surface area contributed by atoms with Crippen molar-refractivity contribution >= 4 is 34.4 Å². The molecule has 0 saturated carbocycles. The Labute approximate surface area is 139 Å². The Morgan fingerprint density at radius 3 is 2.62 bits per heavy atom. The average Bonchev–Trinajstić information content (AvgIpc) is 3.10. The fraction of sp³-hybridized carbons (Fsp3) is 0.308. The van der Waals surface area contributed by atoms with E-state index < -0.39 is 16.2 Å². The number of thioether (sulfide) groups is 1. The maximum atomic E-state index is 11.8. The Morgan fingerprint density at radius 1 is 1.38 bits per heavy atom. The van der Waals surface area contributed by atoms with Crippen LogP contribution in [0, 0.1) is 10.1 Å². The topological polar surface area (TPSA) is 123 Å². The summed E-state index contributed by atoms with van der Waals surface area (Å²) in [6, 6.07) is 2.72. The van der Waals surface area contributed by atoms with Crippen LogP contribution in [0.1, 0.15) is 24.8 Å². The van der Waals surface area contributed by atoms with Crippen LogP contribution in [-0.4, -0.2) is 33.7 Å². The second-order valence-electron chi connectivity index (χ2n) is 4.94. The van der Waals surface area contributed by atoms with Crippen LogP contribution in [0.3, 0.4) is 0 Å². The lowest BCUT2D eigenvalue weighted by atomic mass is 10.1. The van der Waals surface area contributed by atoms with Gasteiger partial charge in [-0.25, -0.2) is 5.01 Å². The van der Waals surface area contributed by atoms with Gasteiger partial charge in [0.25, 0.3) is 5.69 Å². The van der Waals surface area contributed by atoms with E-state index in [2.05, 4.69) is 10.4 Å². The quantitative estimate of drug-likeness (QED) is 0.629. The highest BCUT2D eigenvalue weighted by Gasteiger charge is 2.38. The molecule has 3 rings (SSSR count). The molecule has 10 nitrogen and oxygen atoms in total. The summed E-state index contributed by atoms with van der Waals surface area (Å²) in [5.41, 5.74) is 0.0100. The number of rotatable bonds is 2. The molecular weight excluding hydrogens is 340 g/mol. The number of nitro benzene ring substituents is 1. The summed E-state index contributed by atoms with van der Waals surface area (Å²) in [5, 5.41) is 18.4. The zero-order valence-electron chi connectivity index (χ0n) is 12.6. The SMILES string of the molecule is CC(=O)NC1=NN(C(C)=O)[C@@H](c2cc3c(cc2[N+](=O)[O-])OCO3)S1. The minimum absolute atomic E-state index is 0.0299. The maximum absolute atomic E-state index is 11.8. The third-order valence-corrected chi connectivity index (χ3v) is 4.32. The summed E-state index contributed by atoms with van der Waals surface area (Å²) in [5.74, 6) is -0.149. The third-order valence-electron chi connectivity index (χ3n) is 3.23. The molecule has 0 saturated heterocycles. The number of fused-ring (bicyclic) bond motifs is 1. The zero-order chi connectivity index (χ0) is 17.4. The molecule has 0 fully saturated rings. The Kier molecular flexibility index (Phi) is 4.01. The number of ether oxygens (including phenoxy) is 2. The average molecular weight is 352 g/mol. The molecule has 0 bridgehead atoms. The standard InChI is InChI=1S/C13H12N4O6S/c1-6(18)14-13-15-16(7(2)19)12(24-13)8-3-10-11(23-5-22-10)4-9(8)17(20)21/h3-4,12H,5H2,1-2H3,(H,14,15,18)/t12-/m1/s1. The van der Waals surface area contributed by atoms with E-state index in [0.29, 0.717) is 5.75 Å². The largest absolute Gasteiger partial charge is 0.454 e. The predicted molar refractivity (Wildman–Crippen MR) is 83.3 cm³/mol. The van der Waals surface area contributed by atoms with Crippen molar-refractivity contribution in [2.45, 2.75) is 19.2 Å². The van der Waals surface area contributed by atoms with Crippen LogP contribution in [0.15, 0.2) is 17.2 Å². The lowest BCUT2D eigenvalue weighted by Gasteiger charge is -2.19. The van der Waals surface area contributed by atoms with E-state index in [1.807, 2.05) is 0 Å². The van der Waals surface area contributed by atoms with Gasteiger partial charge in [0, 0.05) is 13.8 Å². The van der Waals surface area contributed by atoms with Gasteiger partial charge in [-0.15, -0.1) is 5.10 Å². The van der Waals surface area contributed by atoms with E-state index in [4.69, 9.17) is 9.47 Å². The minimum atomic E-state index is -0.792. The van der Waals surface area contributed by atoms with Gasteiger partial charge in [-0.1, -0.05) is 11.8 Å². The van der Waals surface area contributed by atoms with Gasteiger partial charge in [-0.3, -0.25) is 19.7 Å². The lowest BCUT2D eigenvalue weighted by Crippen LogP contribution is -2.25. The summed E-state index contributed by atoms with van der Waals surface area (Å²) < 4.78 is 10.4. The summed E-state index contributed by atoms with van der Waals surface area (Å²) in [4.78, 5) is 33.9. The van der Waals surface area contributed by atoms with E-state index in [-0.39, 0.29) is 34.9 Å². The normalized spacial score (nSPS) is 18.3. The number of nitro groups is 1. The molecule has 11 heteroatoms. The fourth-order valence-electron chi connectivity index (χ4n) is 2.27. The zero-order valence-corrected chi connectivity index (χ0v) is 13.5. The molecule has 126 valence electrons. The third kappa shape index (κ3) is 2.85. The predicted octanol–water partition coefficient (Wildman–Crippen LogP) is 1.32. The van der Waals surface area contributed by atoms with Gasteiger partial charge in [0.15, 0.2) is 16.7 Å². The molecule has 0 aromatic heterocycles. The molecule has 1 N–H and O–H groups in total. The molecular formula is C13H12N4O6S. The number of amidine groups is 1. The number of nitrogens with zero attached hydrogens (tertiary/aromatic N) is 3. The summed E-state index contributed by atoms with van der Waals surface area (Å²) in [6.45, 7) is 2.56. The Balaban J connectivity index is 2.03. The van der Waals surface area contributed by atoms with Crippen molar-refractivity contribution in [1.82, 2.24) is 10.3 Å². The van der Waals surface area contributed by atoms with Gasteiger partial charge in [0.2, 0.25) is 18.6 Å². The van der Waals surface area contributed by atoms with Crippen LogP contribution in [0.4, 0.5) is 5.69 Å². The van der Waals surface area contributed by atoms with E-state index in [1.165, 1.54) is 26.0 Å². The Hall–Kier alpha value is -2.82. The van der Waals surface area contributed by atoms with Gasteiger partial charge in [-0.2, -0.15) is 0 Å². The first-order valence-electron chi connectivity index (χ1n) is 6.77. The van der Waals surface area contributed by atoms with Crippen LogP contribution in [0.25, 0.3) is 0 Å². The smallest absolute Gasteiger partial charge is 0.279 e. The number of carbonyl (C=O) groups excluding carboxylic acids is 2. The first kappa shape index (κ1) is 16.1. The number of benzene rings is 1. The lowest BCUT2D eigenvalue weighted by molar-refractivity contribution is -0.385. The van der Waals surface area contributed by atoms with Crippen LogP contribution in [0.2, 0.25) is 0 Å². The minimum Gasteiger partial charge on any atom is -0.454 e. The van der Waals surface area contributed by atoms with Crippen LogP contribution in [-0.2, 0) is 9.59 Å². The summed E-state index contributed by atoms with van der Waals surface area (Å²) >= 11 is 1.03. The fourth-order valence-corrected chi connectivity index (χ4v) is 3.43. The van der Waals surface area contributed by atoms with E-state index >= 15 is 0 Å². The summed E-state index contributed by atoms with van der Waals surface area (Å²) in [7, 11) is 0. The maximum Gasteiger partial charge on any atom is 0.279 e. The molecule has 2 aliphatic heterocycles. The van der Waals surface area contributed by atoms with Crippen molar-refractivity contribution in [1.29, 1.82) is 0 Å².